The Morgan fingerprint density at radius 2 is 1.80 bits per heavy atom. The zero-order chi connectivity index (χ0) is 20.9. The Hall–Kier alpha value is -3.91. The van der Waals surface area contributed by atoms with Gasteiger partial charge in [0.15, 0.2) is 5.17 Å². The number of furan rings is 1. The molecule has 0 bridgehead atoms. The van der Waals surface area contributed by atoms with E-state index in [-0.39, 0.29) is 11.5 Å². The summed E-state index contributed by atoms with van der Waals surface area (Å²) in [5.41, 5.74) is 1.85. The number of benzene rings is 2. The molecule has 30 heavy (non-hydrogen) atoms. The Balaban J connectivity index is 1.46. The number of nitrogens with zero attached hydrogens (tertiary/aromatic N) is 2. The van der Waals surface area contributed by atoms with E-state index >= 15 is 0 Å². The van der Waals surface area contributed by atoms with Crippen molar-refractivity contribution in [2.24, 2.45) is 10.2 Å². The van der Waals surface area contributed by atoms with Crippen LogP contribution in [0.3, 0.4) is 0 Å². The van der Waals surface area contributed by atoms with Crippen molar-refractivity contribution in [3.05, 3.63) is 88.5 Å². The molecule has 2 heterocycles. The van der Waals surface area contributed by atoms with Crippen molar-refractivity contribution >= 4 is 41.1 Å². The lowest BCUT2D eigenvalue weighted by Gasteiger charge is -1.98. The van der Waals surface area contributed by atoms with Crippen molar-refractivity contribution < 1.29 is 19.1 Å². The van der Waals surface area contributed by atoms with Crippen LogP contribution in [0.25, 0.3) is 17.4 Å². The molecule has 0 unspecified atom stereocenters. The molecule has 1 amide bonds. The molecule has 7 nitrogen and oxygen atoms in total. The molecular formula is C22H15N3O4S. The van der Waals surface area contributed by atoms with E-state index in [9.17, 15) is 9.59 Å². The summed E-state index contributed by atoms with van der Waals surface area (Å²) in [4.78, 5) is 23.6. The maximum atomic E-state index is 12.2. The molecule has 1 fully saturated rings. The molecule has 1 saturated heterocycles. The van der Waals surface area contributed by atoms with E-state index in [1.165, 1.54) is 23.9 Å². The number of nitrogens with one attached hydrogen (secondary N) is 1. The first-order valence-corrected chi connectivity index (χ1v) is 9.71. The van der Waals surface area contributed by atoms with E-state index < -0.39 is 5.97 Å². The Morgan fingerprint density at radius 3 is 2.53 bits per heavy atom. The molecule has 148 valence electrons. The van der Waals surface area contributed by atoms with Crippen molar-refractivity contribution in [3.8, 4) is 11.3 Å². The minimum Gasteiger partial charge on any atom is -0.478 e. The summed E-state index contributed by atoms with van der Waals surface area (Å²) in [6.07, 6.45) is 3.23. The standard InChI is InChI=1S/C22H15N3O4S/c26-20-19(30-22(24-20)25-23-13-14-4-2-1-3-5-14)12-17-10-11-18(29-17)15-6-8-16(9-7-15)21(27)28/h1-13H,(H,27,28)(H,24,25,26)/b19-12+,23-13+. The highest BCUT2D eigenvalue weighted by Crippen LogP contribution is 2.29. The summed E-state index contributed by atoms with van der Waals surface area (Å²) in [6, 6.07) is 19.4. The molecule has 0 aliphatic carbocycles. The molecule has 0 atom stereocenters. The maximum Gasteiger partial charge on any atom is 0.335 e. The number of amides is 1. The Bertz CT molecular complexity index is 1180. The topological polar surface area (TPSA) is 104 Å². The van der Waals surface area contributed by atoms with Gasteiger partial charge in [0, 0.05) is 11.6 Å². The van der Waals surface area contributed by atoms with E-state index in [2.05, 4.69) is 15.5 Å². The normalized spacial score (nSPS) is 16.5. The van der Waals surface area contributed by atoms with Crippen LogP contribution in [0.5, 0.6) is 0 Å². The lowest BCUT2D eigenvalue weighted by molar-refractivity contribution is -0.115. The van der Waals surface area contributed by atoms with Crippen LogP contribution in [-0.4, -0.2) is 28.4 Å². The van der Waals surface area contributed by atoms with Gasteiger partial charge in [-0.2, -0.15) is 5.10 Å². The smallest absolute Gasteiger partial charge is 0.335 e. The van der Waals surface area contributed by atoms with Gasteiger partial charge in [0.25, 0.3) is 5.91 Å². The van der Waals surface area contributed by atoms with Crippen molar-refractivity contribution in [1.82, 2.24) is 5.32 Å². The monoisotopic (exact) mass is 417 g/mol. The fourth-order valence-electron chi connectivity index (χ4n) is 2.65. The molecule has 8 heteroatoms. The number of carbonyl (C=O) groups is 2. The quantitative estimate of drug-likeness (QED) is 0.367. The fraction of sp³-hybridized carbons (Fsp3) is 0. The first-order valence-electron chi connectivity index (χ1n) is 8.89. The van der Waals surface area contributed by atoms with Crippen LogP contribution in [0, 0.1) is 0 Å². The van der Waals surface area contributed by atoms with Crippen LogP contribution in [0.15, 0.2) is 86.3 Å². The second kappa shape index (κ2) is 8.62. The number of amidine groups is 1. The number of carboxylic acid groups (broad SMARTS) is 1. The van der Waals surface area contributed by atoms with Crippen LogP contribution in [0.1, 0.15) is 21.7 Å². The highest BCUT2D eigenvalue weighted by Gasteiger charge is 2.24. The minimum atomic E-state index is -0.985. The summed E-state index contributed by atoms with van der Waals surface area (Å²) in [6.45, 7) is 0. The average Bonchev–Trinajstić information content (AvgIpc) is 3.36. The van der Waals surface area contributed by atoms with Crippen molar-refractivity contribution in [2.75, 3.05) is 0 Å². The molecular weight excluding hydrogens is 402 g/mol. The van der Waals surface area contributed by atoms with Gasteiger partial charge in [0.05, 0.1) is 16.7 Å². The van der Waals surface area contributed by atoms with Gasteiger partial charge in [-0.3, -0.25) is 10.1 Å². The van der Waals surface area contributed by atoms with E-state index in [1.54, 1.807) is 36.6 Å². The number of rotatable bonds is 5. The Labute approximate surface area is 175 Å². The molecule has 3 aromatic rings. The number of carboxylic acids is 1. The highest BCUT2D eigenvalue weighted by molar-refractivity contribution is 8.18. The van der Waals surface area contributed by atoms with E-state index in [1.807, 2.05) is 30.3 Å². The van der Waals surface area contributed by atoms with E-state index in [0.717, 1.165) is 11.1 Å². The third-order valence-corrected chi connectivity index (χ3v) is 5.02. The lowest BCUT2D eigenvalue weighted by Crippen LogP contribution is -2.19. The van der Waals surface area contributed by atoms with Crippen LogP contribution in [0.4, 0.5) is 0 Å². The first-order chi connectivity index (χ1) is 14.6. The second-order valence-corrected chi connectivity index (χ2v) is 7.24. The molecule has 0 saturated carbocycles. The van der Waals surface area contributed by atoms with Crippen LogP contribution in [-0.2, 0) is 4.79 Å². The number of aromatic carboxylic acids is 1. The van der Waals surface area contributed by atoms with Gasteiger partial charge in [-0.05, 0) is 41.6 Å². The fourth-order valence-corrected chi connectivity index (χ4v) is 3.41. The van der Waals surface area contributed by atoms with Gasteiger partial charge in [-0.1, -0.05) is 42.5 Å². The molecule has 4 rings (SSSR count). The minimum absolute atomic E-state index is 0.202. The number of hydrogen-bond donors (Lipinski definition) is 2. The summed E-state index contributed by atoms with van der Waals surface area (Å²) in [5, 5.41) is 20.1. The van der Waals surface area contributed by atoms with Crippen molar-refractivity contribution in [1.29, 1.82) is 0 Å². The van der Waals surface area contributed by atoms with Gasteiger partial charge >= 0.3 is 5.97 Å². The zero-order valence-electron chi connectivity index (χ0n) is 15.5. The van der Waals surface area contributed by atoms with E-state index in [4.69, 9.17) is 9.52 Å². The summed E-state index contributed by atoms with van der Waals surface area (Å²) in [7, 11) is 0. The molecule has 0 spiro atoms. The maximum absolute atomic E-state index is 12.2. The molecule has 2 N–H and O–H groups in total. The van der Waals surface area contributed by atoms with Crippen molar-refractivity contribution in [2.45, 2.75) is 0 Å². The Morgan fingerprint density at radius 1 is 1.03 bits per heavy atom. The summed E-state index contributed by atoms with van der Waals surface area (Å²) in [5.74, 6) is -0.193. The lowest BCUT2D eigenvalue weighted by atomic mass is 10.1. The molecule has 1 aliphatic heterocycles. The molecule has 1 aromatic heterocycles. The number of hydrogen-bond acceptors (Lipinski definition) is 6. The predicted molar refractivity (Wildman–Crippen MR) is 116 cm³/mol. The van der Waals surface area contributed by atoms with Gasteiger partial charge in [0.2, 0.25) is 0 Å². The first kappa shape index (κ1) is 19.4. The summed E-state index contributed by atoms with van der Waals surface area (Å²) < 4.78 is 5.77. The third kappa shape index (κ3) is 4.56. The largest absolute Gasteiger partial charge is 0.478 e. The third-order valence-electron chi connectivity index (χ3n) is 4.12. The average molecular weight is 417 g/mol. The van der Waals surface area contributed by atoms with Gasteiger partial charge in [-0.15, -0.1) is 5.10 Å². The van der Waals surface area contributed by atoms with Gasteiger partial charge in [-0.25, -0.2) is 4.79 Å². The predicted octanol–water partition coefficient (Wildman–Crippen LogP) is 4.24. The highest BCUT2D eigenvalue weighted by atomic mass is 32.2. The summed E-state index contributed by atoms with van der Waals surface area (Å²) >= 11 is 1.17. The van der Waals surface area contributed by atoms with Crippen LogP contribution < -0.4 is 5.32 Å². The van der Waals surface area contributed by atoms with Gasteiger partial charge < -0.3 is 9.52 Å². The zero-order valence-corrected chi connectivity index (χ0v) is 16.3. The van der Waals surface area contributed by atoms with Crippen LogP contribution in [0.2, 0.25) is 0 Å². The Kier molecular flexibility index (Phi) is 5.58. The molecule has 2 aromatic carbocycles. The second-order valence-electron chi connectivity index (χ2n) is 6.21. The molecule has 0 radical (unpaired) electrons. The van der Waals surface area contributed by atoms with Gasteiger partial charge in [0.1, 0.15) is 11.5 Å². The van der Waals surface area contributed by atoms with Crippen molar-refractivity contribution in [3.63, 3.8) is 0 Å². The SMILES string of the molecule is O=C1N/C(=N\N=C\c2ccccc2)S/C1=C/c1ccc(-c2ccc(C(=O)O)cc2)o1. The van der Waals surface area contributed by atoms with Crippen LogP contribution >= 0.6 is 11.8 Å². The number of carbonyl (C=O) groups excluding carboxylic acids is 1. The molecule has 1 aliphatic rings. The number of thioether (sulfide) groups is 1. The van der Waals surface area contributed by atoms with E-state index in [0.29, 0.717) is 21.6 Å².